The van der Waals surface area contributed by atoms with Gasteiger partial charge in [0.25, 0.3) is 0 Å². The number of hydrogen-bond acceptors (Lipinski definition) is 4. The van der Waals surface area contributed by atoms with Crippen LogP contribution in [0.3, 0.4) is 0 Å². The predicted molar refractivity (Wildman–Crippen MR) is 89.5 cm³/mol. The molecule has 21 heavy (non-hydrogen) atoms. The summed E-state index contributed by atoms with van der Waals surface area (Å²) in [7, 11) is 2.22. The van der Waals surface area contributed by atoms with E-state index in [0.29, 0.717) is 6.04 Å². The Balaban J connectivity index is 1.93. The van der Waals surface area contributed by atoms with Crippen LogP contribution < -0.4 is 4.90 Å². The van der Waals surface area contributed by atoms with Crippen molar-refractivity contribution in [2.75, 3.05) is 11.9 Å². The number of hydrogen-bond donors (Lipinski definition) is 0. The number of anilines is 1. The van der Waals surface area contributed by atoms with Crippen molar-refractivity contribution in [3.05, 3.63) is 16.3 Å². The van der Waals surface area contributed by atoms with E-state index >= 15 is 0 Å². The molecular formula is C17H23N3S. The van der Waals surface area contributed by atoms with E-state index in [9.17, 15) is 0 Å². The molecule has 2 aliphatic rings. The maximum atomic E-state index is 4.91. The molecule has 0 atom stereocenters. The number of nitrogens with zero attached hydrogens (tertiary/aromatic N) is 3. The summed E-state index contributed by atoms with van der Waals surface area (Å²) < 4.78 is 0. The van der Waals surface area contributed by atoms with Gasteiger partial charge in [-0.1, -0.05) is 13.3 Å². The molecule has 0 aliphatic heterocycles. The lowest BCUT2D eigenvalue weighted by Crippen LogP contribution is -2.22. The van der Waals surface area contributed by atoms with Gasteiger partial charge >= 0.3 is 0 Å². The Labute approximate surface area is 130 Å². The Kier molecular flexibility index (Phi) is 3.37. The fourth-order valence-electron chi connectivity index (χ4n) is 3.41. The maximum absolute atomic E-state index is 4.91. The minimum atomic E-state index is 0.703. The monoisotopic (exact) mass is 301 g/mol. The molecule has 2 heterocycles. The van der Waals surface area contributed by atoms with E-state index in [-0.39, 0.29) is 0 Å². The van der Waals surface area contributed by atoms with Crippen molar-refractivity contribution in [1.29, 1.82) is 0 Å². The molecular weight excluding hydrogens is 278 g/mol. The molecule has 112 valence electrons. The zero-order valence-electron chi connectivity index (χ0n) is 13.0. The van der Waals surface area contributed by atoms with Crippen LogP contribution in [0.5, 0.6) is 0 Å². The van der Waals surface area contributed by atoms with Gasteiger partial charge in [0.15, 0.2) is 0 Å². The first kappa shape index (κ1) is 13.5. The molecule has 0 radical (unpaired) electrons. The summed E-state index contributed by atoms with van der Waals surface area (Å²) in [6.45, 7) is 2.15. The molecule has 2 aromatic rings. The molecule has 3 nitrogen and oxygen atoms in total. The highest BCUT2D eigenvalue weighted by Gasteiger charge is 2.30. The molecule has 0 saturated heterocycles. The number of rotatable bonds is 3. The van der Waals surface area contributed by atoms with Crippen LogP contribution in [-0.2, 0) is 19.3 Å². The average molecular weight is 301 g/mol. The van der Waals surface area contributed by atoms with Crippen molar-refractivity contribution < 1.29 is 0 Å². The van der Waals surface area contributed by atoms with Crippen LogP contribution in [0.1, 0.15) is 55.3 Å². The number of fused-ring (bicyclic) bond motifs is 3. The van der Waals surface area contributed by atoms with Crippen LogP contribution in [-0.4, -0.2) is 23.1 Å². The molecule has 2 aromatic heterocycles. The first-order chi connectivity index (χ1) is 10.3. The third-order valence-corrected chi connectivity index (χ3v) is 6.02. The van der Waals surface area contributed by atoms with Gasteiger partial charge in [-0.25, -0.2) is 9.97 Å². The van der Waals surface area contributed by atoms with Crippen molar-refractivity contribution in [3.63, 3.8) is 0 Å². The molecule has 0 unspecified atom stereocenters. The lowest BCUT2D eigenvalue weighted by molar-refractivity contribution is 0.713. The quantitative estimate of drug-likeness (QED) is 0.799. The van der Waals surface area contributed by atoms with E-state index in [4.69, 9.17) is 9.97 Å². The van der Waals surface area contributed by atoms with Gasteiger partial charge in [0, 0.05) is 24.4 Å². The standard InChI is InChI=1S/C17H23N3S/c1-3-14-18-16(20(2)11-9-10-11)15-12-7-5-4-6-8-13(12)21-17(15)19-14/h11H,3-10H2,1-2H3. The Morgan fingerprint density at radius 2 is 1.95 bits per heavy atom. The van der Waals surface area contributed by atoms with Crippen molar-refractivity contribution >= 4 is 27.4 Å². The molecule has 0 amide bonds. The summed E-state index contributed by atoms with van der Waals surface area (Å²) in [4.78, 5) is 15.0. The minimum Gasteiger partial charge on any atom is -0.356 e. The van der Waals surface area contributed by atoms with Crippen LogP contribution in [0, 0.1) is 0 Å². The number of thiophene rings is 1. The Morgan fingerprint density at radius 1 is 1.14 bits per heavy atom. The summed E-state index contributed by atoms with van der Waals surface area (Å²) in [6, 6.07) is 0.703. The highest BCUT2D eigenvalue weighted by Crippen LogP contribution is 2.41. The molecule has 4 rings (SSSR count). The fourth-order valence-corrected chi connectivity index (χ4v) is 4.68. The second-order valence-corrected chi connectivity index (χ2v) is 7.49. The normalized spacial score (nSPS) is 18.6. The van der Waals surface area contributed by atoms with Crippen molar-refractivity contribution in [1.82, 2.24) is 9.97 Å². The number of aromatic nitrogens is 2. The smallest absolute Gasteiger partial charge is 0.141 e. The second-order valence-electron chi connectivity index (χ2n) is 6.40. The van der Waals surface area contributed by atoms with Gasteiger partial charge in [-0.3, -0.25) is 0 Å². The Bertz CT molecular complexity index is 672. The van der Waals surface area contributed by atoms with Crippen molar-refractivity contribution in [3.8, 4) is 0 Å². The first-order valence-electron chi connectivity index (χ1n) is 8.32. The molecule has 0 spiro atoms. The Hall–Kier alpha value is -1.16. The highest BCUT2D eigenvalue weighted by atomic mass is 32.1. The summed E-state index contributed by atoms with van der Waals surface area (Å²) in [5.74, 6) is 2.21. The third kappa shape index (κ3) is 2.33. The molecule has 0 bridgehead atoms. The van der Waals surface area contributed by atoms with Crippen LogP contribution in [0.4, 0.5) is 5.82 Å². The molecule has 0 N–H and O–H groups in total. The van der Waals surface area contributed by atoms with E-state index in [1.165, 1.54) is 61.0 Å². The summed E-state index contributed by atoms with van der Waals surface area (Å²) >= 11 is 1.93. The maximum Gasteiger partial charge on any atom is 0.141 e. The summed E-state index contributed by atoms with van der Waals surface area (Å²) in [5, 5.41) is 1.38. The van der Waals surface area contributed by atoms with E-state index in [2.05, 4.69) is 18.9 Å². The van der Waals surface area contributed by atoms with Crippen LogP contribution in [0.15, 0.2) is 0 Å². The molecule has 1 saturated carbocycles. The van der Waals surface area contributed by atoms with Crippen LogP contribution in [0.2, 0.25) is 0 Å². The van der Waals surface area contributed by atoms with E-state index in [1.54, 1.807) is 10.4 Å². The third-order valence-electron chi connectivity index (χ3n) is 4.84. The largest absolute Gasteiger partial charge is 0.356 e. The predicted octanol–water partition coefficient (Wildman–Crippen LogP) is 4.12. The van der Waals surface area contributed by atoms with E-state index in [0.717, 1.165) is 12.2 Å². The van der Waals surface area contributed by atoms with Crippen molar-refractivity contribution in [2.24, 2.45) is 0 Å². The Morgan fingerprint density at radius 3 is 2.71 bits per heavy atom. The van der Waals surface area contributed by atoms with Gasteiger partial charge in [-0.2, -0.15) is 0 Å². The van der Waals surface area contributed by atoms with Gasteiger partial charge in [0.2, 0.25) is 0 Å². The molecule has 1 fully saturated rings. The molecule has 0 aromatic carbocycles. The fraction of sp³-hybridized carbons (Fsp3) is 0.647. The number of aryl methyl sites for hydroxylation is 3. The topological polar surface area (TPSA) is 29.0 Å². The summed E-state index contributed by atoms with van der Waals surface area (Å²) in [6.07, 6.45) is 10.0. The van der Waals surface area contributed by atoms with Gasteiger partial charge in [-0.15, -0.1) is 11.3 Å². The molecule has 2 aliphatic carbocycles. The van der Waals surface area contributed by atoms with Gasteiger partial charge < -0.3 is 4.90 Å². The summed E-state index contributed by atoms with van der Waals surface area (Å²) in [5.41, 5.74) is 1.57. The highest BCUT2D eigenvalue weighted by molar-refractivity contribution is 7.19. The van der Waals surface area contributed by atoms with Gasteiger partial charge in [0.05, 0.1) is 5.39 Å². The van der Waals surface area contributed by atoms with Crippen molar-refractivity contribution in [2.45, 2.75) is 64.3 Å². The van der Waals surface area contributed by atoms with Gasteiger partial charge in [-0.05, 0) is 44.1 Å². The zero-order valence-corrected chi connectivity index (χ0v) is 13.8. The SMILES string of the molecule is CCc1nc(N(C)C2CC2)c2c3c(sc2n1)CCCCC3. The lowest BCUT2D eigenvalue weighted by atomic mass is 10.1. The second kappa shape index (κ2) is 5.24. The van der Waals surface area contributed by atoms with E-state index < -0.39 is 0 Å². The van der Waals surface area contributed by atoms with E-state index in [1.807, 2.05) is 11.3 Å². The zero-order chi connectivity index (χ0) is 14.4. The van der Waals surface area contributed by atoms with Gasteiger partial charge in [0.1, 0.15) is 16.5 Å². The van der Waals surface area contributed by atoms with Crippen LogP contribution >= 0.6 is 11.3 Å². The average Bonchev–Trinajstić information content (AvgIpc) is 3.31. The van der Waals surface area contributed by atoms with Crippen LogP contribution in [0.25, 0.3) is 10.2 Å². The minimum absolute atomic E-state index is 0.703. The molecule has 4 heteroatoms. The lowest BCUT2D eigenvalue weighted by Gasteiger charge is -2.19. The first-order valence-corrected chi connectivity index (χ1v) is 9.13.